The molecule has 0 aliphatic heterocycles. The highest BCUT2D eigenvalue weighted by Gasteiger charge is 2.42. The van der Waals surface area contributed by atoms with Crippen LogP contribution in [0.5, 0.6) is 0 Å². The van der Waals surface area contributed by atoms with E-state index in [1.807, 2.05) is 0 Å². The zero-order valence-corrected chi connectivity index (χ0v) is 11.7. The van der Waals surface area contributed by atoms with Crippen LogP contribution >= 0.6 is 0 Å². The van der Waals surface area contributed by atoms with Gasteiger partial charge in [0.2, 0.25) is 0 Å². The molecule has 0 aliphatic rings. The first-order valence-electron chi connectivity index (χ1n) is 6.37. The van der Waals surface area contributed by atoms with Gasteiger partial charge in [-0.1, -0.05) is 12.1 Å². The summed E-state index contributed by atoms with van der Waals surface area (Å²) in [5.74, 6) is -4.09. The van der Waals surface area contributed by atoms with E-state index < -0.39 is 18.9 Å². The molecule has 0 radical (unpaired) electrons. The molecule has 0 amide bonds. The average Bonchev–Trinajstić information content (AvgIpc) is 2.50. The lowest BCUT2D eigenvalue weighted by atomic mass is 10.1. The van der Waals surface area contributed by atoms with Crippen molar-refractivity contribution in [1.29, 1.82) is 10.5 Å². The summed E-state index contributed by atoms with van der Waals surface area (Å²) in [6.07, 6.45) is -2.38. The van der Waals surface area contributed by atoms with Gasteiger partial charge >= 0.3 is 12.3 Å². The first-order chi connectivity index (χ1) is 10.3. The van der Waals surface area contributed by atoms with E-state index in [4.69, 9.17) is 10.5 Å². The van der Waals surface area contributed by atoms with E-state index in [0.29, 0.717) is 11.3 Å². The van der Waals surface area contributed by atoms with Gasteiger partial charge in [-0.25, -0.2) is 8.78 Å². The second kappa shape index (κ2) is 7.46. The molecule has 7 heteroatoms. The molecule has 1 rings (SSSR count). The number of benzene rings is 1. The smallest absolute Gasteiger partial charge is 0.324 e. The highest BCUT2D eigenvalue weighted by molar-refractivity contribution is 5.64. The van der Waals surface area contributed by atoms with Crippen LogP contribution in [-0.2, 0) is 0 Å². The fraction of sp³-hybridized carbons (Fsp3) is 0.333. The standard InChI is InChI=1S/C15H13F4N3/c1-2-22(10-15(18,19)14(16)17)13-5-3-11(4-6-13)7-12(8-20)9-21/h3-7,14H,2,10H2,1H3. The lowest BCUT2D eigenvalue weighted by Gasteiger charge is -2.27. The van der Waals surface area contributed by atoms with Gasteiger partial charge in [0.1, 0.15) is 17.7 Å². The van der Waals surface area contributed by atoms with Gasteiger partial charge in [-0.3, -0.25) is 0 Å². The fourth-order valence-corrected chi connectivity index (χ4v) is 1.75. The molecule has 1 aromatic carbocycles. The minimum absolute atomic E-state index is 0.0932. The Kier molecular flexibility index (Phi) is 5.94. The molecule has 0 fully saturated rings. The first kappa shape index (κ1) is 17.5. The van der Waals surface area contributed by atoms with Crippen molar-refractivity contribution in [3.63, 3.8) is 0 Å². The molecule has 0 saturated heterocycles. The van der Waals surface area contributed by atoms with Gasteiger partial charge in [0.15, 0.2) is 0 Å². The molecule has 0 aliphatic carbocycles. The number of nitrogens with zero attached hydrogens (tertiary/aromatic N) is 3. The van der Waals surface area contributed by atoms with Crippen LogP contribution in [0.25, 0.3) is 6.08 Å². The zero-order valence-electron chi connectivity index (χ0n) is 11.7. The Morgan fingerprint density at radius 1 is 1.23 bits per heavy atom. The number of allylic oxidation sites excluding steroid dienone is 1. The Labute approximate surface area is 125 Å². The van der Waals surface area contributed by atoms with Crippen molar-refractivity contribution in [3.8, 4) is 12.1 Å². The van der Waals surface area contributed by atoms with Gasteiger partial charge in [0.05, 0.1) is 6.54 Å². The van der Waals surface area contributed by atoms with E-state index in [-0.39, 0.29) is 12.1 Å². The monoisotopic (exact) mass is 311 g/mol. The minimum Gasteiger partial charge on any atom is -0.366 e. The summed E-state index contributed by atoms with van der Waals surface area (Å²) in [6, 6.07) is 9.39. The molecule has 0 atom stereocenters. The Morgan fingerprint density at radius 3 is 2.18 bits per heavy atom. The quantitative estimate of drug-likeness (QED) is 0.592. The molecular formula is C15H13F4N3. The van der Waals surface area contributed by atoms with Crippen molar-refractivity contribution in [2.45, 2.75) is 19.3 Å². The maximum atomic E-state index is 13.1. The summed E-state index contributed by atoms with van der Waals surface area (Å²) < 4.78 is 50.8. The Balaban J connectivity index is 2.96. The third kappa shape index (κ3) is 4.49. The Bertz CT molecular complexity index is 593. The Morgan fingerprint density at radius 2 is 1.77 bits per heavy atom. The van der Waals surface area contributed by atoms with Crippen molar-refractivity contribution in [1.82, 2.24) is 0 Å². The molecule has 0 saturated carbocycles. The number of hydrogen-bond acceptors (Lipinski definition) is 3. The largest absolute Gasteiger partial charge is 0.366 e. The molecule has 1 aromatic rings. The Hall–Kier alpha value is -2.54. The van der Waals surface area contributed by atoms with Crippen molar-refractivity contribution < 1.29 is 17.6 Å². The van der Waals surface area contributed by atoms with E-state index in [1.165, 1.54) is 30.3 Å². The fourth-order valence-electron chi connectivity index (χ4n) is 1.75. The normalized spacial score (nSPS) is 10.7. The van der Waals surface area contributed by atoms with Gasteiger partial charge in [0, 0.05) is 12.2 Å². The third-order valence-electron chi connectivity index (χ3n) is 2.91. The lowest BCUT2D eigenvalue weighted by molar-refractivity contribution is -0.121. The maximum absolute atomic E-state index is 13.1. The van der Waals surface area contributed by atoms with E-state index in [1.54, 1.807) is 19.1 Å². The second-order valence-corrected chi connectivity index (χ2v) is 4.45. The van der Waals surface area contributed by atoms with Gasteiger partial charge < -0.3 is 4.90 Å². The average molecular weight is 311 g/mol. The zero-order chi connectivity index (χ0) is 16.8. The second-order valence-electron chi connectivity index (χ2n) is 4.45. The molecule has 0 N–H and O–H groups in total. The van der Waals surface area contributed by atoms with E-state index in [2.05, 4.69) is 0 Å². The molecule has 0 bridgehead atoms. The molecule has 0 spiro atoms. The number of halogens is 4. The van der Waals surface area contributed by atoms with Crippen LogP contribution in [0.1, 0.15) is 12.5 Å². The van der Waals surface area contributed by atoms with Crippen LogP contribution in [0.4, 0.5) is 23.2 Å². The summed E-state index contributed by atoms with van der Waals surface area (Å²) >= 11 is 0. The molecule has 0 heterocycles. The van der Waals surface area contributed by atoms with Crippen molar-refractivity contribution in [3.05, 3.63) is 35.4 Å². The van der Waals surface area contributed by atoms with Crippen LogP contribution in [-0.4, -0.2) is 25.4 Å². The minimum atomic E-state index is -4.09. The lowest BCUT2D eigenvalue weighted by Crippen LogP contribution is -2.41. The van der Waals surface area contributed by atoms with Crippen LogP contribution in [0.15, 0.2) is 29.8 Å². The van der Waals surface area contributed by atoms with Gasteiger partial charge in [-0.05, 0) is 30.7 Å². The predicted molar refractivity (Wildman–Crippen MR) is 74.5 cm³/mol. The number of anilines is 1. The summed E-state index contributed by atoms with van der Waals surface area (Å²) in [4.78, 5) is 1.13. The summed E-state index contributed by atoms with van der Waals surface area (Å²) in [5, 5.41) is 17.3. The number of hydrogen-bond donors (Lipinski definition) is 0. The SMILES string of the molecule is CCN(CC(F)(F)C(F)F)c1ccc(C=C(C#N)C#N)cc1. The molecule has 0 unspecified atom stereocenters. The predicted octanol–water partition coefficient (Wildman–Crippen LogP) is 3.84. The van der Waals surface area contributed by atoms with Crippen molar-refractivity contribution >= 4 is 11.8 Å². The van der Waals surface area contributed by atoms with Gasteiger partial charge in [-0.2, -0.15) is 19.3 Å². The van der Waals surface area contributed by atoms with Crippen LogP contribution in [0.3, 0.4) is 0 Å². The van der Waals surface area contributed by atoms with E-state index >= 15 is 0 Å². The number of nitriles is 2. The highest BCUT2D eigenvalue weighted by Crippen LogP contribution is 2.27. The molecule has 3 nitrogen and oxygen atoms in total. The maximum Gasteiger partial charge on any atom is 0.324 e. The topological polar surface area (TPSA) is 50.8 Å². The molecule has 0 aromatic heterocycles. The summed E-state index contributed by atoms with van der Waals surface area (Å²) in [5.41, 5.74) is 0.804. The molecule has 22 heavy (non-hydrogen) atoms. The van der Waals surface area contributed by atoms with Crippen LogP contribution in [0.2, 0.25) is 0 Å². The van der Waals surface area contributed by atoms with Crippen molar-refractivity contribution in [2.75, 3.05) is 18.0 Å². The number of rotatable bonds is 6. The summed E-state index contributed by atoms with van der Waals surface area (Å²) in [6.45, 7) is 0.635. The van der Waals surface area contributed by atoms with Crippen LogP contribution < -0.4 is 4.90 Å². The molecule has 116 valence electrons. The number of alkyl halides is 4. The van der Waals surface area contributed by atoms with Gasteiger partial charge in [0.25, 0.3) is 0 Å². The van der Waals surface area contributed by atoms with Crippen LogP contribution in [0, 0.1) is 22.7 Å². The van der Waals surface area contributed by atoms with Gasteiger partial charge in [-0.15, -0.1) is 0 Å². The first-order valence-corrected chi connectivity index (χ1v) is 6.37. The van der Waals surface area contributed by atoms with E-state index in [9.17, 15) is 17.6 Å². The molecular weight excluding hydrogens is 298 g/mol. The van der Waals surface area contributed by atoms with E-state index in [0.717, 1.165) is 4.90 Å². The highest BCUT2D eigenvalue weighted by atomic mass is 19.3. The van der Waals surface area contributed by atoms with Crippen molar-refractivity contribution in [2.24, 2.45) is 0 Å². The summed E-state index contributed by atoms with van der Waals surface area (Å²) in [7, 11) is 0. The third-order valence-corrected chi connectivity index (χ3v) is 2.91.